The molecule has 19 heavy (non-hydrogen) atoms. The number of ketones is 1. The van der Waals surface area contributed by atoms with E-state index < -0.39 is 5.82 Å². The van der Waals surface area contributed by atoms with Gasteiger partial charge in [-0.25, -0.2) is 4.39 Å². The van der Waals surface area contributed by atoms with E-state index in [0.717, 1.165) is 32.4 Å². The third kappa shape index (κ3) is 2.14. The Morgan fingerprint density at radius 3 is 2.79 bits per heavy atom. The predicted molar refractivity (Wildman–Crippen MR) is 69.9 cm³/mol. The number of rotatable bonds is 3. The molecule has 102 valence electrons. The van der Waals surface area contributed by atoms with Gasteiger partial charge >= 0.3 is 0 Å². The fraction of sp³-hybridized carbons (Fsp3) is 0.533. The van der Waals surface area contributed by atoms with E-state index in [1.807, 2.05) is 0 Å². The Bertz CT molecular complexity index is 509. The molecule has 4 heteroatoms. The zero-order valence-electron chi connectivity index (χ0n) is 11.0. The van der Waals surface area contributed by atoms with Crippen LogP contribution in [0.1, 0.15) is 29.6 Å². The van der Waals surface area contributed by atoms with Gasteiger partial charge in [-0.15, -0.1) is 0 Å². The van der Waals surface area contributed by atoms with Crippen molar-refractivity contribution in [2.75, 3.05) is 20.2 Å². The zero-order valence-corrected chi connectivity index (χ0v) is 11.0. The summed E-state index contributed by atoms with van der Waals surface area (Å²) in [5, 5.41) is 3.30. The standard InChI is InChI=1S/C15H18FNO2/c1-19-10-2-3-11(13(16)8-10)14(18)12-9-15(12)4-6-17-7-5-15/h2-3,8,12,17H,4-7,9H2,1H3. The minimum Gasteiger partial charge on any atom is -0.497 e. The van der Waals surface area contributed by atoms with Gasteiger partial charge in [-0.05, 0) is 49.9 Å². The normalized spacial score (nSPS) is 24.2. The molecule has 3 nitrogen and oxygen atoms in total. The van der Waals surface area contributed by atoms with Crippen LogP contribution in [0.4, 0.5) is 4.39 Å². The molecule has 1 aromatic rings. The fourth-order valence-electron chi connectivity index (χ4n) is 3.21. The van der Waals surface area contributed by atoms with Crippen molar-refractivity contribution in [1.29, 1.82) is 0 Å². The van der Waals surface area contributed by atoms with E-state index in [1.165, 1.54) is 13.2 Å². The maximum Gasteiger partial charge on any atom is 0.169 e. The lowest BCUT2D eigenvalue weighted by Gasteiger charge is -2.23. The van der Waals surface area contributed by atoms with Crippen molar-refractivity contribution in [2.45, 2.75) is 19.3 Å². The lowest BCUT2D eigenvalue weighted by molar-refractivity contribution is 0.0936. The van der Waals surface area contributed by atoms with Crippen LogP contribution in [0, 0.1) is 17.2 Å². The highest BCUT2D eigenvalue weighted by molar-refractivity contribution is 6.00. The monoisotopic (exact) mass is 263 g/mol. The highest BCUT2D eigenvalue weighted by Gasteiger charge is 2.57. The summed E-state index contributed by atoms with van der Waals surface area (Å²) in [7, 11) is 1.49. The third-order valence-corrected chi connectivity index (χ3v) is 4.55. The average Bonchev–Trinajstić information content (AvgIpc) is 3.12. The van der Waals surface area contributed by atoms with Gasteiger partial charge in [0.1, 0.15) is 11.6 Å². The summed E-state index contributed by atoms with van der Waals surface area (Å²) in [6, 6.07) is 4.47. The maximum absolute atomic E-state index is 13.9. The van der Waals surface area contributed by atoms with Crippen LogP contribution in [0.3, 0.4) is 0 Å². The average molecular weight is 263 g/mol. The second-order valence-electron chi connectivity index (χ2n) is 5.58. The fourth-order valence-corrected chi connectivity index (χ4v) is 3.21. The van der Waals surface area contributed by atoms with Crippen LogP contribution in [-0.2, 0) is 0 Å². The van der Waals surface area contributed by atoms with Gasteiger partial charge in [-0.2, -0.15) is 0 Å². The molecule has 2 fully saturated rings. The highest BCUT2D eigenvalue weighted by atomic mass is 19.1. The number of ether oxygens (including phenoxy) is 1. The smallest absolute Gasteiger partial charge is 0.169 e. The van der Waals surface area contributed by atoms with E-state index in [2.05, 4.69) is 5.32 Å². The Kier molecular flexibility index (Phi) is 3.05. The molecular formula is C15H18FNO2. The number of carbonyl (C=O) groups is 1. The van der Waals surface area contributed by atoms with Crippen molar-refractivity contribution in [3.8, 4) is 5.75 Å². The molecule has 0 aromatic heterocycles. The lowest BCUT2D eigenvalue weighted by atomic mass is 9.89. The van der Waals surface area contributed by atoms with Crippen molar-refractivity contribution in [1.82, 2.24) is 5.32 Å². The first-order valence-corrected chi connectivity index (χ1v) is 6.75. The molecule has 1 atom stereocenters. The molecule has 1 aliphatic heterocycles. The van der Waals surface area contributed by atoms with Crippen molar-refractivity contribution < 1.29 is 13.9 Å². The van der Waals surface area contributed by atoms with E-state index in [-0.39, 0.29) is 22.7 Å². The molecule has 3 rings (SSSR count). The van der Waals surface area contributed by atoms with Gasteiger partial charge in [-0.3, -0.25) is 4.79 Å². The molecule has 1 heterocycles. The van der Waals surface area contributed by atoms with Gasteiger partial charge in [0, 0.05) is 12.0 Å². The molecule has 1 saturated heterocycles. The van der Waals surface area contributed by atoms with Crippen molar-refractivity contribution in [3.05, 3.63) is 29.6 Å². The van der Waals surface area contributed by atoms with Crippen molar-refractivity contribution >= 4 is 5.78 Å². The first-order valence-electron chi connectivity index (χ1n) is 6.75. The van der Waals surface area contributed by atoms with E-state index in [0.29, 0.717) is 5.75 Å². The van der Waals surface area contributed by atoms with Crippen LogP contribution < -0.4 is 10.1 Å². The van der Waals surface area contributed by atoms with Crippen LogP contribution in [0.25, 0.3) is 0 Å². The van der Waals surface area contributed by atoms with Gasteiger partial charge in [0.15, 0.2) is 5.78 Å². The summed E-state index contributed by atoms with van der Waals surface area (Å²) >= 11 is 0. The molecule has 1 aliphatic carbocycles. The SMILES string of the molecule is COc1ccc(C(=O)C2CC23CCNCC3)c(F)c1. The summed E-state index contributed by atoms with van der Waals surface area (Å²) in [4.78, 5) is 12.4. The van der Waals surface area contributed by atoms with Crippen molar-refractivity contribution in [2.24, 2.45) is 11.3 Å². The van der Waals surface area contributed by atoms with Crippen LogP contribution in [-0.4, -0.2) is 26.0 Å². The summed E-state index contributed by atoms with van der Waals surface area (Å²) in [5.41, 5.74) is 0.357. The first-order chi connectivity index (χ1) is 9.16. The Hall–Kier alpha value is -1.42. The molecule has 1 spiro atoms. The molecule has 0 radical (unpaired) electrons. The van der Waals surface area contributed by atoms with Gasteiger partial charge in [-0.1, -0.05) is 0 Å². The van der Waals surface area contributed by atoms with Gasteiger partial charge in [0.2, 0.25) is 0 Å². The number of nitrogens with one attached hydrogen (secondary N) is 1. The third-order valence-electron chi connectivity index (χ3n) is 4.55. The predicted octanol–water partition coefficient (Wildman–Crippen LogP) is 2.41. The van der Waals surface area contributed by atoms with Crippen LogP contribution in [0.5, 0.6) is 5.75 Å². The molecule has 0 bridgehead atoms. The number of benzene rings is 1. The van der Waals surface area contributed by atoms with E-state index in [4.69, 9.17) is 4.74 Å². The Balaban J connectivity index is 1.78. The summed E-state index contributed by atoms with van der Waals surface area (Å²) in [5.74, 6) is -0.0543. The second kappa shape index (κ2) is 4.60. The Morgan fingerprint density at radius 1 is 1.42 bits per heavy atom. The van der Waals surface area contributed by atoms with Gasteiger partial charge < -0.3 is 10.1 Å². The number of hydrogen-bond acceptors (Lipinski definition) is 3. The minimum absolute atomic E-state index is 0.0116. The quantitative estimate of drug-likeness (QED) is 0.851. The Morgan fingerprint density at radius 2 is 2.16 bits per heavy atom. The van der Waals surface area contributed by atoms with Crippen LogP contribution >= 0.6 is 0 Å². The summed E-state index contributed by atoms with van der Waals surface area (Å²) in [6.07, 6.45) is 2.97. The van der Waals surface area contributed by atoms with Crippen LogP contribution in [0.15, 0.2) is 18.2 Å². The number of halogens is 1. The molecule has 0 amide bonds. The van der Waals surface area contributed by atoms with E-state index in [9.17, 15) is 9.18 Å². The van der Waals surface area contributed by atoms with E-state index >= 15 is 0 Å². The lowest BCUT2D eigenvalue weighted by Crippen LogP contribution is -2.30. The topological polar surface area (TPSA) is 38.3 Å². The molecule has 1 unspecified atom stereocenters. The number of carbonyl (C=O) groups excluding carboxylic acids is 1. The molecule has 1 N–H and O–H groups in total. The summed E-state index contributed by atoms with van der Waals surface area (Å²) in [6.45, 7) is 1.93. The van der Waals surface area contributed by atoms with Gasteiger partial charge in [0.25, 0.3) is 0 Å². The number of hydrogen-bond donors (Lipinski definition) is 1. The van der Waals surface area contributed by atoms with E-state index in [1.54, 1.807) is 12.1 Å². The molecule has 2 aliphatic rings. The molecule has 1 aromatic carbocycles. The largest absolute Gasteiger partial charge is 0.497 e. The second-order valence-corrected chi connectivity index (χ2v) is 5.58. The molecular weight excluding hydrogens is 245 g/mol. The number of methoxy groups -OCH3 is 1. The summed E-state index contributed by atoms with van der Waals surface area (Å²) < 4.78 is 18.9. The number of piperidine rings is 1. The minimum atomic E-state index is -0.472. The van der Waals surface area contributed by atoms with Crippen molar-refractivity contribution in [3.63, 3.8) is 0 Å². The van der Waals surface area contributed by atoms with Crippen LogP contribution in [0.2, 0.25) is 0 Å². The maximum atomic E-state index is 13.9. The number of Topliss-reactive ketones (excluding diaryl/α,β-unsaturated/α-hetero) is 1. The zero-order chi connectivity index (χ0) is 13.5. The Labute approximate surface area is 112 Å². The van der Waals surface area contributed by atoms with Gasteiger partial charge in [0.05, 0.1) is 12.7 Å². The highest BCUT2D eigenvalue weighted by Crippen LogP contribution is 2.59. The first kappa shape index (κ1) is 12.6. The molecule has 1 saturated carbocycles.